The van der Waals surface area contributed by atoms with Crippen molar-refractivity contribution in [3.63, 3.8) is 0 Å². The van der Waals surface area contributed by atoms with Crippen molar-refractivity contribution in [3.8, 4) is 11.5 Å². The van der Waals surface area contributed by atoms with Gasteiger partial charge in [-0.25, -0.2) is 0 Å². The summed E-state index contributed by atoms with van der Waals surface area (Å²) in [6.45, 7) is 0.0564. The number of aliphatic hydroxyl groups is 1. The summed E-state index contributed by atoms with van der Waals surface area (Å²) in [6, 6.07) is 12.3. The van der Waals surface area contributed by atoms with Crippen molar-refractivity contribution in [1.82, 2.24) is 4.90 Å². The van der Waals surface area contributed by atoms with Gasteiger partial charge in [-0.2, -0.15) is 0 Å². The largest absolute Gasteiger partial charge is 0.507 e. The molecule has 9 heteroatoms. The molecular weight excluding hydrogens is 469 g/mol. The molecule has 0 radical (unpaired) electrons. The molecule has 2 aromatic carbocycles. The van der Waals surface area contributed by atoms with Gasteiger partial charge in [-0.1, -0.05) is 41.4 Å². The third kappa shape index (κ3) is 4.05. The van der Waals surface area contributed by atoms with E-state index in [1.807, 2.05) is 0 Å². The minimum absolute atomic E-state index is 0.0564. The summed E-state index contributed by atoms with van der Waals surface area (Å²) in [6.07, 6.45) is 1.43. The van der Waals surface area contributed by atoms with Gasteiger partial charge in [0.05, 0.1) is 42.6 Å². The molecule has 0 aliphatic carbocycles. The number of halogens is 2. The molecule has 1 aliphatic heterocycles. The number of carbonyl (C=O) groups is 2. The van der Waals surface area contributed by atoms with Crippen LogP contribution in [0, 0.1) is 0 Å². The van der Waals surface area contributed by atoms with Gasteiger partial charge < -0.3 is 23.9 Å². The number of rotatable bonds is 6. The van der Waals surface area contributed by atoms with Crippen LogP contribution in [0.15, 0.2) is 64.8 Å². The lowest BCUT2D eigenvalue weighted by Gasteiger charge is -2.24. The maximum absolute atomic E-state index is 13.1. The van der Waals surface area contributed by atoms with Gasteiger partial charge in [-0.3, -0.25) is 9.59 Å². The highest BCUT2D eigenvalue weighted by molar-refractivity contribution is 6.46. The second kappa shape index (κ2) is 9.21. The Labute approximate surface area is 199 Å². The lowest BCUT2D eigenvalue weighted by molar-refractivity contribution is -0.140. The standard InChI is InChI=1S/C24H19Cl2NO6/c1-31-17-7-4-3-6-13(17)12-27-20(18-8-5-9-33-18)19(22(29)24(27)30)21(28)14-10-15(25)23(32-2)16(26)11-14/h3-11,20,28H,12H2,1-2H3/b21-19-. The number of likely N-dealkylation sites (tertiary alicyclic amines) is 1. The van der Waals surface area contributed by atoms with Gasteiger partial charge in [-0.15, -0.1) is 0 Å². The van der Waals surface area contributed by atoms with Crippen molar-refractivity contribution >= 4 is 40.7 Å². The van der Waals surface area contributed by atoms with Crippen LogP contribution in [-0.2, 0) is 16.1 Å². The molecule has 7 nitrogen and oxygen atoms in total. The summed E-state index contributed by atoms with van der Waals surface area (Å²) in [5.74, 6) is -0.957. The number of carbonyl (C=O) groups excluding carboxylic acids is 2. The Morgan fingerprint density at radius 2 is 1.76 bits per heavy atom. The van der Waals surface area contributed by atoms with E-state index in [-0.39, 0.29) is 33.5 Å². The summed E-state index contributed by atoms with van der Waals surface area (Å²) in [4.78, 5) is 27.5. The highest BCUT2D eigenvalue weighted by Crippen LogP contribution is 2.43. The summed E-state index contributed by atoms with van der Waals surface area (Å²) in [5, 5.41) is 11.4. The van der Waals surface area contributed by atoms with Crippen LogP contribution in [-0.4, -0.2) is 35.9 Å². The molecule has 0 saturated carbocycles. The Morgan fingerprint density at radius 3 is 2.36 bits per heavy atom. The van der Waals surface area contributed by atoms with Gasteiger partial charge in [0, 0.05) is 11.1 Å². The number of methoxy groups -OCH3 is 2. The number of ether oxygens (including phenoxy) is 2. The summed E-state index contributed by atoms with van der Waals surface area (Å²) in [5.41, 5.74) is 0.716. The smallest absolute Gasteiger partial charge is 0.296 e. The maximum Gasteiger partial charge on any atom is 0.296 e. The predicted molar refractivity (Wildman–Crippen MR) is 123 cm³/mol. The van der Waals surface area contributed by atoms with Gasteiger partial charge in [0.15, 0.2) is 5.75 Å². The van der Waals surface area contributed by atoms with E-state index in [1.54, 1.807) is 36.4 Å². The molecule has 0 bridgehead atoms. The molecule has 2 heterocycles. The zero-order chi connectivity index (χ0) is 23.7. The molecule has 4 rings (SSSR count). The first-order valence-electron chi connectivity index (χ1n) is 9.84. The van der Waals surface area contributed by atoms with Gasteiger partial charge >= 0.3 is 0 Å². The molecule has 170 valence electrons. The van der Waals surface area contributed by atoms with E-state index in [0.29, 0.717) is 17.1 Å². The van der Waals surface area contributed by atoms with Crippen LogP contribution in [0.3, 0.4) is 0 Å². The van der Waals surface area contributed by atoms with Gasteiger partial charge in [0.25, 0.3) is 11.7 Å². The Hall–Kier alpha value is -3.42. The van der Waals surface area contributed by atoms with Crippen LogP contribution >= 0.6 is 23.2 Å². The number of benzene rings is 2. The number of hydrogen-bond donors (Lipinski definition) is 1. The van der Waals surface area contributed by atoms with E-state index in [0.717, 1.165) is 0 Å². The quantitative estimate of drug-likeness (QED) is 0.291. The summed E-state index contributed by atoms with van der Waals surface area (Å²) in [7, 11) is 2.93. The van der Waals surface area contributed by atoms with E-state index in [4.69, 9.17) is 37.1 Å². The van der Waals surface area contributed by atoms with Crippen molar-refractivity contribution in [3.05, 3.63) is 87.3 Å². The van der Waals surface area contributed by atoms with Crippen LogP contribution < -0.4 is 9.47 Å². The topological polar surface area (TPSA) is 89.2 Å². The predicted octanol–water partition coefficient (Wildman–Crippen LogP) is 5.23. The molecule has 1 saturated heterocycles. The average molecular weight is 488 g/mol. The number of hydrogen-bond acceptors (Lipinski definition) is 6. The molecule has 1 unspecified atom stereocenters. The number of amides is 1. The van der Waals surface area contributed by atoms with Crippen LogP contribution in [0.1, 0.15) is 22.9 Å². The Morgan fingerprint density at radius 1 is 1.06 bits per heavy atom. The first kappa shape index (κ1) is 22.8. The first-order chi connectivity index (χ1) is 15.9. The van der Waals surface area contributed by atoms with Crippen molar-refractivity contribution in [2.75, 3.05) is 14.2 Å². The van der Waals surface area contributed by atoms with E-state index in [1.165, 1.54) is 37.5 Å². The molecule has 3 aromatic rings. The second-order valence-electron chi connectivity index (χ2n) is 7.23. The minimum Gasteiger partial charge on any atom is -0.507 e. The van der Waals surface area contributed by atoms with E-state index in [9.17, 15) is 14.7 Å². The SMILES string of the molecule is COc1ccccc1CN1C(=O)C(=O)/C(=C(\O)c2cc(Cl)c(OC)c(Cl)c2)C1c1ccco1. The Balaban J connectivity index is 1.86. The number of nitrogens with zero attached hydrogens (tertiary/aromatic N) is 1. The van der Waals surface area contributed by atoms with Gasteiger partial charge in [0.2, 0.25) is 0 Å². The molecule has 1 atom stereocenters. The van der Waals surface area contributed by atoms with E-state index in [2.05, 4.69) is 0 Å². The third-order valence-electron chi connectivity index (χ3n) is 5.36. The number of furan rings is 1. The lowest BCUT2D eigenvalue weighted by atomic mass is 9.99. The van der Waals surface area contributed by atoms with Crippen LogP contribution in [0.25, 0.3) is 5.76 Å². The zero-order valence-corrected chi connectivity index (χ0v) is 19.2. The molecular formula is C24H19Cl2NO6. The summed E-state index contributed by atoms with van der Waals surface area (Å²) >= 11 is 12.4. The number of aliphatic hydroxyl groups excluding tert-OH is 1. The molecule has 1 N–H and O–H groups in total. The lowest BCUT2D eigenvalue weighted by Crippen LogP contribution is -2.29. The van der Waals surface area contributed by atoms with Crippen molar-refractivity contribution in [2.24, 2.45) is 0 Å². The van der Waals surface area contributed by atoms with Gasteiger partial charge in [-0.05, 0) is 30.3 Å². The van der Waals surface area contributed by atoms with E-state index < -0.39 is 23.5 Å². The van der Waals surface area contributed by atoms with Crippen molar-refractivity contribution in [2.45, 2.75) is 12.6 Å². The van der Waals surface area contributed by atoms with E-state index >= 15 is 0 Å². The molecule has 1 aromatic heterocycles. The Bertz CT molecular complexity index is 1230. The highest BCUT2D eigenvalue weighted by Gasteiger charge is 2.47. The monoisotopic (exact) mass is 487 g/mol. The van der Waals surface area contributed by atoms with Crippen LogP contribution in [0.4, 0.5) is 0 Å². The fraction of sp³-hybridized carbons (Fsp3) is 0.167. The summed E-state index contributed by atoms with van der Waals surface area (Å²) < 4.78 is 16.1. The highest BCUT2D eigenvalue weighted by atomic mass is 35.5. The minimum atomic E-state index is -0.968. The fourth-order valence-electron chi connectivity index (χ4n) is 3.85. The average Bonchev–Trinajstić information content (AvgIpc) is 3.41. The molecule has 1 fully saturated rings. The maximum atomic E-state index is 13.1. The molecule has 1 amide bonds. The van der Waals surface area contributed by atoms with Crippen LogP contribution in [0.2, 0.25) is 10.0 Å². The first-order valence-corrected chi connectivity index (χ1v) is 10.6. The third-order valence-corrected chi connectivity index (χ3v) is 5.92. The number of ketones is 1. The fourth-order valence-corrected chi connectivity index (χ4v) is 4.49. The second-order valence-corrected chi connectivity index (χ2v) is 8.04. The Kier molecular flexibility index (Phi) is 6.35. The van der Waals surface area contributed by atoms with Crippen LogP contribution in [0.5, 0.6) is 11.5 Å². The van der Waals surface area contributed by atoms with Gasteiger partial charge in [0.1, 0.15) is 23.3 Å². The van der Waals surface area contributed by atoms with Crippen molar-refractivity contribution < 1.29 is 28.6 Å². The molecule has 1 aliphatic rings. The molecule has 0 spiro atoms. The van der Waals surface area contributed by atoms with Crippen molar-refractivity contribution in [1.29, 1.82) is 0 Å². The number of para-hydroxylation sites is 1. The molecule has 33 heavy (non-hydrogen) atoms. The zero-order valence-electron chi connectivity index (χ0n) is 17.7. The normalized spacial score (nSPS) is 17.5. The number of Topliss-reactive ketones (excluding diaryl/α,β-unsaturated/α-hetero) is 1.